The van der Waals surface area contributed by atoms with Crippen molar-refractivity contribution >= 4 is 21.6 Å². The molecule has 1 unspecified atom stereocenters. The number of aromatic nitrogens is 1. The van der Waals surface area contributed by atoms with E-state index in [0.717, 1.165) is 39.1 Å². The Morgan fingerprint density at radius 2 is 1.83 bits per heavy atom. The van der Waals surface area contributed by atoms with Gasteiger partial charge in [-0.3, -0.25) is 0 Å². The van der Waals surface area contributed by atoms with Crippen molar-refractivity contribution < 1.29 is 18.4 Å². The van der Waals surface area contributed by atoms with E-state index < -0.39 is 11.7 Å². The zero-order valence-electron chi connectivity index (χ0n) is 15.5. The largest absolute Gasteiger partial charge is 0.416 e. The molecule has 0 saturated heterocycles. The Morgan fingerprint density at radius 3 is 2.52 bits per heavy atom. The first-order valence-corrected chi connectivity index (χ1v) is 9.96. The van der Waals surface area contributed by atoms with Crippen molar-refractivity contribution in [1.29, 1.82) is 0 Å². The lowest BCUT2D eigenvalue weighted by Gasteiger charge is -2.23. The maximum Gasteiger partial charge on any atom is 0.416 e. The highest BCUT2D eigenvalue weighted by molar-refractivity contribution is 9.10. The van der Waals surface area contributed by atoms with Gasteiger partial charge < -0.3 is 9.77 Å². The van der Waals surface area contributed by atoms with Gasteiger partial charge in [0.2, 0.25) is 0 Å². The normalized spacial score (nSPS) is 18.1. The molecule has 4 rings (SSSR count). The smallest absolute Gasteiger partial charge is 0.411 e. The van der Waals surface area contributed by atoms with E-state index in [1.54, 1.807) is 6.07 Å². The first kappa shape index (κ1) is 19.8. The molecule has 1 aliphatic rings. The minimum Gasteiger partial charge on any atom is -0.411 e. The summed E-state index contributed by atoms with van der Waals surface area (Å²) >= 11 is 3.46. The zero-order chi connectivity index (χ0) is 20.8. The molecule has 1 aliphatic carbocycles. The third kappa shape index (κ3) is 3.71. The second-order valence-corrected chi connectivity index (χ2v) is 8.26. The topological polar surface area (TPSA) is 37.5 Å². The average Bonchev–Trinajstić information content (AvgIpc) is 3.06. The molecule has 0 aliphatic heterocycles. The van der Waals surface area contributed by atoms with E-state index >= 15 is 0 Å². The van der Waals surface area contributed by atoms with Crippen molar-refractivity contribution in [3.8, 4) is 16.9 Å². The molecule has 0 saturated carbocycles. The van der Waals surface area contributed by atoms with Crippen molar-refractivity contribution in [3.05, 3.63) is 75.9 Å². The monoisotopic (exact) mass is 462 g/mol. The number of hydrogen-bond donors (Lipinski definition) is 1. The summed E-state index contributed by atoms with van der Waals surface area (Å²) < 4.78 is 42.7. The van der Waals surface area contributed by atoms with E-state index in [-0.39, 0.29) is 5.92 Å². The van der Waals surface area contributed by atoms with Gasteiger partial charge in [-0.05, 0) is 60.7 Å². The molecule has 1 aromatic heterocycles. The van der Waals surface area contributed by atoms with Crippen LogP contribution in [0.2, 0.25) is 0 Å². The Bertz CT molecular complexity index is 1100. The van der Waals surface area contributed by atoms with Gasteiger partial charge in [0.25, 0.3) is 0 Å². The van der Waals surface area contributed by atoms with Crippen molar-refractivity contribution in [2.45, 2.75) is 25.9 Å². The molecule has 3 aromatic rings. The summed E-state index contributed by atoms with van der Waals surface area (Å²) in [5.41, 5.74) is 3.53. The van der Waals surface area contributed by atoms with Crippen LogP contribution in [0.4, 0.5) is 13.2 Å². The summed E-state index contributed by atoms with van der Waals surface area (Å²) in [6, 6.07) is 14.8. The van der Waals surface area contributed by atoms with Crippen LogP contribution in [-0.4, -0.2) is 15.5 Å². The second kappa shape index (κ2) is 7.37. The van der Waals surface area contributed by atoms with E-state index in [1.807, 2.05) is 41.8 Å². The molecule has 0 bridgehead atoms. The van der Waals surface area contributed by atoms with Gasteiger partial charge in [-0.2, -0.15) is 13.2 Å². The van der Waals surface area contributed by atoms with Gasteiger partial charge in [-0.25, -0.2) is 0 Å². The molecule has 1 heterocycles. The van der Waals surface area contributed by atoms with Gasteiger partial charge in [0.05, 0.1) is 17.0 Å². The van der Waals surface area contributed by atoms with Crippen molar-refractivity contribution in [1.82, 2.24) is 4.57 Å². The van der Waals surface area contributed by atoms with E-state index in [4.69, 9.17) is 0 Å². The summed E-state index contributed by atoms with van der Waals surface area (Å²) in [7, 11) is 0. The molecule has 0 spiro atoms. The Kier molecular flexibility index (Phi) is 5.02. The van der Waals surface area contributed by atoms with Crippen LogP contribution < -0.4 is 0 Å². The molecule has 1 atom stereocenters. The van der Waals surface area contributed by atoms with Gasteiger partial charge in [-0.15, -0.1) is 0 Å². The number of rotatable bonds is 2. The van der Waals surface area contributed by atoms with E-state index in [2.05, 4.69) is 21.1 Å². The van der Waals surface area contributed by atoms with Crippen LogP contribution in [-0.2, 0) is 12.6 Å². The van der Waals surface area contributed by atoms with Gasteiger partial charge >= 0.3 is 6.18 Å². The lowest BCUT2D eigenvalue weighted by molar-refractivity contribution is -0.137. The molecule has 2 aromatic carbocycles. The predicted octanol–water partition coefficient (Wildman–Crippen LogP) is 6.69. The summed E-state index contributed by atoms with van der Waals surface area (Å²) in [5, 5.41) is 13.0. The average molecular weight is 463 g/mol. The lowest BCUT2D eigenvalue weighted by Crippen LogP contribution is -2.20. The standard InChI is InChI=1S/C22H18BrF3N2O/c1-13-8-19(27-29)18-12-20(14-4-2-6-16(23)10-14)28(21(18)9-13)17-7-3-5-15(11-17)22(24,25)26/h2-7,10-13,29H,8-9H2,1H3. The molecule has 150 valence electrons. The van der Waals surface area contributed by atoms with E-state index in [1.165, 1.54) is 6.07 Å². The Morgan fingerprint density at radius 1 is 1.07 bits per heavy atom. The molecule has 1 N–H and O–H groups in total. The number of fused-ring (bicyclic) bond motifs is 1. The number of alkyl halides is 3. The minimum atomic E-state index is -4.43. The predicted molar refractivity (Wildman–Crippen MR) is 110 cm³/mol. The van der Waals surface area contributed by atoms with Crippen molar-refractivity contribution in [2.75, 3.05) is 0 Å². The van der Waals surface area contributed by atoms with Gasteiger partial charge in [-0.1, -0.05) is 46.2 Å². The fourth-order valence-electron chi connectivity index (χ4n) is 3.91. The SMILES string of the molecule is CC1CC(=NO)c2cc(-c3cccc(Br)c3)n(-c3cccc(C(F)(F)F)c3)c2C1. The molecular formula is C22H18BrF3N2O. The maximum atomic E-state index is 13.3. The Hall–Kier alpha value is -2.54. The Labute approximate surface area is 174 Å². The van der Waals surface area contributed by atoms with Crippen LogP contribution in [0.5, 0.6) is 0 Å². The highest BCUT2D eigenvalue weighted by Gasteiger charge is 2.32. The van der Waals surface area contributed by atoms with Crippen LogP contribution in [0.3, 0.4) is 0 Å². The quantitative estimate of drug-likeness (QED) is 0.334. The van der Waals surface area contributed by atoms with Crippen LogP contribution >= 0.6 is 15.9 Å². The fraction of sp³-hybridized carbons (Fsp3) is 0.227. The van der Waals surface area contributed by atoms with Crippen LogP contribution in [0, 0.1) is 5.92 Å². The molecule has 0 amide bonds. The minimum absolute atomic E-state index is 0.211. The van der Waals surface area contributed by atoms with E-state index in [9.17, 15) is 18.4 Å². The summed E-state index contributed by atoms with van der Waals surface area (Å²) in [5.74, 6) is 0.211. The number of nitrogens with zero attached hydrogens (tertiary/aromatic N) is 2. The zero-order valence-corrected chi connectivity index (χ0v) is 17.1. The van der Waals surface area contributed by atoms with Crippen LogP contribution in [0.15, 0.2) is 64.2 Å². The number of oxime groups is 1. The number of hydrogen-bond acceptors (Lipinski definition) is 2. The van der Waals surface area contributed by atoms with Crippen molar-refractivity contribution in [3.63, 3.8) is 0 Å². The Balaban J connectivity index is 2.01. The maximum absolute atomic E-state index is 13.3. The van der Waals surface area contributed by atoms with Crippen molar-refractivity contribution in [2.24, 2.45) is 11.1 Å². The van der Waals surface area contributed by atoms with E-state index in [0.29, 0.717) is 24.2 Å². The number of benzene rings is 2. The van der Waals surface area contributed by atoms with Gasteiger partial charge in [0.1, 0.15) is 0 Å². The molecular weight excluding hydrogens is 445 g/mol. The third-order valence-electron chi connectivity index (χ3n) is 5.17. The van der Waals surface area contributed by atoms with Crippen LogP contribution in [0.25, 0.3) is 16.9 Å². The summed E-state index contributed by atoms with van der Waals surface area (Å²) in [4.78, 5) is 0. The molecule has 3 nitrogen and oxygen atoms in total. The summed E-state index contributed by atoms with van der Waals surface area (Å²) in [6.07, 6.45) is -3.13. The lowest BCUT2D eigenvalue weighted by atomic mass is 9.87. The van der Waals surface area contributed by atoms with Crippen LogP contribution in [0.1, 0.15) is 30.2 Å². The number of halogens is 4. The first-order chi connectivity index (χ1) is 13.8. The third-order valence-corrected chi connectivity index (χ3v) is 5.66. The highest BCUT2D eigenvalue weighted by Crippen LogP contribution is 2.38. The van der Waals surface area contributed by atoms with Gasteiger partial charge in [0, 0.05) is 21.4 Å². The fourth-order valence-corrected chi connectivity index (χ4v) is 4.31. The molecule has 0 fully saturated rings. The molecule has 7 heteroatoms. The highest BCUT2D eigenvalue weighted by atomic mass is 79.9. The molecule has 0 radical (unpaired) electrons. The second-order valence-electron chi connectivity index (χ2n) is 7.34. The molecule has 29 heavy (non-hydrogen) atoms. The summed E-state index contributed by atoms with van der Waals surface area (Å²) in [6.45, 7) is 2.04. The van der Waals surface area contributed by atoms with Gasteiger partial charge in [0.15, 0.2) is 0 Å². The first-order valence-electron chi connectivity index (χ1n) is 9.17.